The molecule has 5 heteroatoms. The van der Waals surface area contributed by atoms with E-state index in [-0.39, 0.29) is 4.99 Å². The Kier molecular flexibility index (Phi) is 3.56. The second-order valence-corrected chi connectivity index (χ2v) is 4.28. The van der Waals surface area contributed by atoms with Gasteiger partial charge < -0.3 is 11.1 Å². The van der Waals surface area contributed by atoms with E-state index in [0.29, 0.717) is 16.5 Å². The number of pyridine rings is 1. The fourth-order valence-corrected chi connectivity index (χ4v) is 1.66. The highest BCUT2D eigenvalue weighted by atomic mass is 35.5. The first-order valence-corrected chi connectivity index (χ1v) is 5.73. The van der Waals surface area contributed by atoms with Gasteiger partial charge in [-0.1, -0.05) is 36.0 Å². The molecule has 86 valence electrons. The highest BCUT2D eigenvalue weighted by Crippen LogP contribution is 2.18. The zero-order valence-corrected chi connectivity index (χ0v) is 10.4. The lowest BCUT2D eigenvalue weighted by Gasteiger charge is -2.07. The molecule has 1 aromatic carbocycles. The van der Waals surface area contributed by atoms with Crippen LogP contribution in [0.5, 0.6) is 0 Å². The van der Waals surface area contributed by atoms with Gasteiger partial charge in [-0.15, -0.1) is 0 Å². The molecule has 2 aromatic rings. The molecule has 3 N–H and O–H groups in total. The van der Waals surface area contributed by atoms with Crippen molar-refractivity contribution in [1.82, 2.24) is 4.98 Å². The van der Waals surface area contributed by atoms with E-state index in [1.807, 2.05) is 36.4 Å². The molecule has 0 amide bonds. The number of nitrogens with zero attached hydrogens (tertiary/aromatic N) is 1. The number of hydrogen-bond acceptors (Lipinski definition) is 3. The molecule has 0 radical (unpaired) electrons. The normalized spacial score (nSPS) is 9.94. The van der Waals surface area contributed by atoms with Crippen molar-refractivity contribution in [1.29, 1.82) is 0 Å². The summed E-state index contributed by atoms with van der Waals surface area (Å²) < 4.78 is 0. The van der Waals surface area contributed by atoms with Crippen LogP contribution in [0.25, 0.3) is 0 Å². The molecule has 1 aromatic heterocycles. The van der Waals surface area contributed by atoms with Crippen LogP contribution in [0.1, 0.15) is 5.69 Å². The van der Waals surface area contributed by atoms with Gasteiger partial charge in [-0.25, -0.2) is 4.98 Å². The zero-order valence-electron chi connectivity index (χ0n) is 8.85. The van der Waals surface area contributed by atoms with Crippen LogP contribution < -0.4 is 11.1 Å². The number of nitrogens with one attached hydrogen (secondary N) is 1. The van der Waals surface area contributed by atoms with Gasteiger partial charge in [-0.2, -0.15) is 0 Å². The quantitative estimate of drug-likeness (QED) is 0.836. The first-order valence-electron chi connectivity index (χ1n) is 4.94. The number of anilines is 2. The molecule has 0 atom stereocenters. The van der Waals surface area contributed by atoms with Crippen molar-refractivity contribution in [3.8, 4) is 0 Å². The van der Waals surface area contributed by atoms with Crippen molar-refractivity contribution in [3.63, 3.8) is 0 Å². The fourth-order valence-electron chi connectivity index (χ4n) is 1.36. The van der Waals surface area contributed by atoms with Crippen LogP contribution in [0.2, 0.25) is 5.02 Å². The van der Waals surface area contributed by atoms with Crippen molar-refractivity contribution in [2.45, 2.75) is 0 Å². The Hall–Kier alpha value is -1.65. The van der Waals surface area contributed by atoms with Gasteiger partial charge in [0.05, 0.1) is 5.69 Å². The molecule has 3 nitrogen and oxygen atoms in total. The summed E-state index contributed by atoms with van der Waals surface area (Å²) in [5.74, 6) is 0.678. The van der Waals surface area contributed by atoms with Gasteiger partial charge in [0.15, 0.2) is 0 Å². The van der Waals surface area contributed by atoms with Crippen LogP contribution in [0.15, 0.2) is 42.5 Å². The lowest BCUT2D eigenvalue weighted by atomic mass is 10.3. The summed E-state index contributed by atoms with van der Waals surface area (Å²) in [7, 11) is 0. The van der Waals surface area contributed by atoms with Gasteiger partial charge in [-0.3, -0.25) is 0 Å². The van der Waals surface area contributed by atoms with E-state index in [9.17, 15) is 0 Å². The van der Waals surface area contributed by atoms with Gasteiger partial charge >= 0.3 is 0 Å². The molecule has 0 saturated heterocycles. The second kappa shape index (κ2) is 5.12. The summed E-state index contributed by atoms with van der Waals surface area (Å²) >= 11 is 10.8. The molecule has 2 rings (SSSR count). The minimum atomic E-state index is 0.278. The molecule has 17 heavy (non-hydrogen) atoms. The third-order valence-corrected chi connectivity index (χ3v) is 2.54. The molecular formula is C12H10ClN3S. The van der Waals surface area contributed by atoms with Crippen LogP contribution in [0.3, 0.4) is 0 Å². The van der Waals surface area contributed by atoms with Crippen molar-refractivity contribution < 1.29 is 0 Å². The maximum Gasteiger partial charge on any atom is 0.131 e. The first kappa shape index (κ1) is 11.8. The minimum Gasteiger partial charge on any atom is -0.388 e. The summed E-state index contributed by atoms with van der Waals surface area (Å²) in [5.41, 5.74) is 6.98. The van der Waals surface area contributed by atoms with Crippen LogP contribution in [0.4, 0.5) is 11.5 Å². The van der Waals surface area contributed by atoms with Gasteiger partial charge in [-0.05, 0) is 30.3 Å². The number of rotatable bonds is 3. The first-order chi connectivity index (χ1) is 8.15. The summed E-state index contributed by atoms with van der Waals surface area (Å²) in [6, 6.07) is 12.8. The van der Waals surface area contributed by atoms with Gasteiger partial charge in [0, 0.05) is 10.7 Å². The van der Waals surface area contributed by atoms with Crippen molar-refractivity contribution in [2.24, 2.45) is 5.73 Å². The molecular weight excluding hydrogens is 254 g/mol. The lowest BCUT2D eigenvalue weighted by molar-refractivity contribution is 1.28. The van der Waals surface area contributed by atoms with E-state index in [4.69, 9.17) is 29.6 Å². The summed E-state index contributed by atoms with van der Waals surface area (Å²) in [6.45, 7) is 0. The van der Waals surface area contributed by atoms with Crippen LogP contribution >= 0.6 is 23.8 Å². The van der Waals surface area contributed by atoms with Gasteiger partial charge in [0.1, 0.15) is 10.8 Å². The number of benzene rings is 1. The third kappa shape index (κ3) is 3.15. The summed E-state index contributed by atoms with van der Waals surface area (Å²) in [5, 5.41) is 3.80. The Labute approximate surface area is 110 Å². The second-order valence-electron chi connectivity index (χ2n) is 3.41. The Morgan fingerprint density at radius 2 is 2.00 bits per heavy atom. The number of halogens is 1. The maximum atomic E-state index is 5.89. The topological polar surface area (TPSA) is 50.9 Å². The molecule has 0 spiro atoms. The number of thiocarbonyl (C=S) groups is 1. The number of nitrogens with two attached hydrogens (primary N) is 1. The number of aromatic nitrogens is 1. The largest absolute Gasteiger partial charge is 0.388 e. The Morgan fingerprint density at radius 1 is 1.24 bits per heavy atom. The van der Waals surface area contributed by atoms with Crippen LogP contribution in [0, 0.1) is 0 Å². The SMILES string of the molecule is NC(=S)c1cccc(Nc2cccc(Cl)c2)n1. The van der Waals surface area contributed by atoms with E-state index in [1.54, 1.807) is 6.07 Å². The van der Waals surface area contributed by atoms with E-state index in [0.717, 1.165) is 5.69 Å². The van der Waals surface area contributed by atoms with E-state index < -0.39 is 0 Å². The Morgan fingerprint density at radius 3 is 2.71 bits per heavy atom. The number of hydrogen-bond donors (Lipinski definition) is 2. The van der Waals surface area contributed by atoms with E-state index in [2.05, 4.69) is 10.3 Å². The van der Waals surface area contributed by atoms with Gasteiger partial charge in [0.25, 0.3) is 0 Å². The van der Waals surface area contributed by atoms with Crippen LogP contribution in [-0.4, -0.2) is 9.97 Å². The fraction of sp³-hybridized carbons (Fsp3) is 0. The third-order valence-electron chi connectivity index (χ3n) is 2.10. The summed E-state index contributed by atoms with van der Waals surface area (Å²) in [6.07, 6.45) is 0. The molecule has 0 aliphatic rings. The van der Waals surface area contributed by atoms with Crippen LogP contribution in [-0.2, 0) is 0 Å². The molecule has 0 bridgehead atoms. The van der Waals surface area contributed by atoms with Crippen molar-refractivity contribution >= 4 is 40.3 Å². The van der Waals surface area contributed by atoms with Crippen molar-refractivity contribution in [2.75, 3.05) is 5.32 Å². The average Bonchev–Trinajstić information content (AvgIpc) is 2.29. The smallest absolute Gasteiger partial charge is 0.131 e. The Bertz CT molecular complexity index is 557. The zero-order chi connectivity index (χ0) is 12.3. The molecule has 0 aliphatic heterocycles. The lowest BCUT2D eigenvalue weighted by Crippen LogP contribution is -2.12. The molecule has 0 unspecified atom stereocenters. The molecule has 1 heterocycles. The molecule has 0 aliphatic carbocycles. The summed E-state index contributed by atoms with van der Waals surface area (Å²) in [4.78, 5) is 4.55. The molecule has 0 saturated carbocycles. The maximum absolute atomic E-state index is 5.89. The van der Waals surface area contributed by atoms with E-state index in [1.165, 1.54) is 0 Å². The van der Waals surface area contributed by atoms with Crippen molar-refractivity contribution in [3.05, 3.63) is 53.2 Å². The predicted molar refractivity (Wildman–Crippen MR) is 74.9 cm³/mol. The predicted octanol–water partition coefficient (Wildman–Crippen LogP) is 3.11. The standard InChI is InChI=1S/C12H10ClN3S/c13-8-3-1-4-9(7-8)15-11-6-2-5-10(16-11)12(14)17/h1-7H,(H2,14,17)(H,15,16). The average molecular weight is 264 g/mol. The molecule has 0 fully saturated rings. The Balaban J connectivity index is 2.24. The van der Waals surface area contributed by atoms with E-state index >= 15 is 0 Å². The monoisotopic (exact) mass is 263 g/mol. The highest BCUT2D eigenvalue weighted by Gasteiger charge is 2.00. The highest BCUT2D eigenvalue weighted by molar-refractivity contribution is 7.80. The minimum absolute atomic E-state index is 0.278. The van der Waals surface area contributed by atoms with Gasteiger partial charge in [0.2, 0.25) is 0 Å².